The average Bonchev–Trinajstić information content (AvgIpc) is 2.49. The molecule has 3 atom stereocenters. The lowest BCUT2D eigenvalue weighted by atomic mass is 9.92. The maximum absolute atomic E-state index is 10.7. The molecular weight excluding hydrogens is 242 g/mol. The van der Waals surface area contributed by atoms with Gasteiger partial charge in [0.1, 0.15) is 6.23 Å². The molecule has 0 aromatic heterocycles. The van der Waals surface area contributed by atoms with Crippen molar-refractivity contribution in [1.82, 2.24) is 4.90 Å². The Morgan fingerprint density at radius 1 is 1.06 bits per heavy atom. The van der Waals surface area contributed by atoms with Crippen LogP contribution in [0.1, 0.15) is 32.1 Å². The van der Waals surface area contributed by atoms with Crippen LogP contribution in [0, 0.1) is 0 Å². The number of hydrogen-bond acceptors (Lipinski definition) is 3. The Morgan fingerprint density at radius 2 is 1.78 bits per heavy atom. The standard InChI is InChI=1S/C15H21NOS/c17-14-15(18-13-7-2-1-3-8-13)9-4-5-11-16(14)12-6-10-15/h1-3,7-8,14,17H,4-6,9-12H2/t14?,15-/m0/s1. The van der Waals surface area contributed by atoms with Crippen molar-refractivity contribution in [3.8, 4) is 0 Å². The summed E-state index contributed by atoms with van der Waals surface area (Å²) < 4.78 is 0.0239. The van der Waals surface area contributed by atoms with Crippen LogP contribution in [0.4, 0.5) is 0 Å². The minimum atomic E-state index is -0.265. The van der Waals surface area contributed by atoms with Crippen molar-refractivity contribution in [2.75, 3.05) is 13.1 Å². The molecule has 1 aromatic rings. The maximum Gasteiger partial charge on any atom is 0.122 e. The van der Waals surface area contributed by atoms with Crippen LogP contribution in [0.25, 0.3) is 0 Å². The van der Waals surface area contributed by atoms with Crippen molar-refractivity contribution >= 4 is 11.8 Å². The van der Waals surface area contributed by atoms with Crippen molar-refractivity contribution in [3.63, 3.8) is 0 Å². The molecule has 0 radical (unpaired) electrons. The third-order valence-corrected chi connectivity index (χ3v) is 5.75. The van der Waals surface area contributed by atoms with E-state index < -0.39 is 0 Å². The van der Waals surface area contributed by atoms with Crippen molar-refractivity contribution in [2.24, 2.45) is 0 Å². The van der Waals surface area contributed by atoms with E-state index in [1.54, 1.807) is 0 Å². The van der Waals surface area contributed by atoms with Gasteiger partial charge in [-0.25, -0.2) is 0 Å². The highest BCUT2D eigenvalue weighted by molar-refractivity contribution is 8.00. The Morgan fingerprint density at radius 3 is 2.61 bits per heavy atom. The van der Waals surface area contributed by atoms with Gasteiger partial charge in [0.25, 0.3) is 0 Å². The number of thioether (sulfide) groups is 1. The van der Waals surface area contributed by atoms with Gasteiger partial charge >= 0.3 is 0 Å². The van der Waals surface area contributed by atoms with Gasteiger partial charge in [-0.2, -0.15) is 0 Å². The molecule has 2 aliphatic heterocycles. The normalized spacial score (nSPS) is 36.1. The van der Waals surface area contributed by atoms with Crippen LogP contribution in [0.15, 0.2) is 35.2 Å². The van der Waals surface area contributed by atoms with Crippen LogP contribution >= 0.6 is 11.8 Å². The van der Waals surface area contributed by atoms with Gasteiger partial charge in [0, 0.05) is 18.0 Å². The van der Waals surface area contributed by atoms with Gasteiger partial charge in [-0.1, -0.05) is 24.6 Å². The third-order valence-electron chi connectivity index (χ3n) is 4.22. The Balaban J connectivity index is 1.86. The molecule has 2 bridgehead atoms. The predicted molar refractivity (Wildman–Crippen MR) is 75.7 cm³/mol. The van der Waals surface area contributed by atoms with Gasteiger partial charge in [-0.15, -0.1) is 11.8 Å². The molecule has 0 aliphatic carbocycles. The Labute approximate surface area is 113 Å². The fraction of sp³-hybridized carbons (Fsp3) is 0.600. The van der Waals surface area contributed by atoms with Crippen molar-refractivity contribution < 1.29 is 5.11 Å². The first kappa shape index (κ1) is 12.5. The number of rotatable bonds is 2. The summed E-state index contributed by atoms with van der Waals surface area (Å²) in [6.07, 6.45) is 5.71. The topological polar surface area (TPSA) is 23.5 Å². The zero-order valence-electron chi connectivity index (χ0n) is 10.7. The van der Waals surface area contributed by atoms with Gasteiger partial charge in [0.05, 0.1) is 4.75 Å². The third kappa shape index (κ3) is 2.31. The number of aliphatic hydroxyl groups excluding tert-OH is 1. The molecule has 18 heavy (non-hydrogen) atoms. The molecule has 2 saturated heterocycles. The van der Waals surface area contributed by atoms with E-state index in [1.165, 1.54) is 24.2 Å². The van der Waals surface area contributed by atoms with E-state index >= 15 is 0 Å². The fourth-order valence-corrected chi connectivity index (χ4v) is 4.78. The molecule has 2 unspecified atom stereocenters. The van der Waals surface area contributed by atoms with E-state index in [9.17, 15) is 5.11 Å². The van der Waals surface area contributed by atoms with Crippen LogP contribution in [0.3, 0.4) is 0 Å². The Hall–Kier alpha value is -0.510. The van der Waals surface area contributed by atoms with Crippen molar-refractivity contribution in [1.29, 1.82) is 0 Å². The molecule has 2 nitrogen and oxygen atoms in total. The second kappa shape index (κ2) is 5.24. The van der Waals surface area contributed by atoms with E-state index in [0.717, 1.165) is 25.9 Å². The predicted octanol–water partition coefficient (Wildman–Crippen LogP) is 3.12. The molecule has 0 amide bonds. The summed E-state index contributed by atoms with van der Waals surface area (Å²) in [7, 11) is 0. The largest absolute Gasteiger partial charge is 0.377 e. The highest BCUT2D eigenvalue weighted by atomic mass is 32.2. The van der Waals surface area contributed by atoms with E-state index in [2.05, 4.69) is 35.2 Å². The highest BCUT2D eigenvalue weighted by Gasteiger charge is 2.45. The van der Waals surface area contributed by atoms with Crippen LogP contribution in [0.5, 0.6) is 0 Å². The lowest BCUT2D eigenvalue weighted by molar-refractivity contribution is -0.0431. The summed E-state index contributed by atoms with van der Waals surface area (Å²) in [6.45, 7) is 2.14. The monoisotopic (exact) mass is 263 g/mol. The molecule has 1 N–H and O–H groups in total. The van der Waals surface area contributed by atoms with Crippen molar-refractivity contribution in [3.05, 3.63) is 30.3 Å². The molecule has 2 fully saturated rings. The number of nitrogens with zero attached hydrogens (tertiary/aromatic N) is 1. The highest BCUT2D eigenvalue weighted by Crippen LogP contribution is 2.47. The van der Waals surface area contributed by atoms with Gasteiger partial charge < -0.3 is 5.11 Å². The van der Waals surface area contributed by atoms with E-state index in [4.69, 9.17) is 0 Å². The van der Waals surface area contributed by atoms with Gasteiger partial charge in [-0.05, 0) is 37.8 Å². The summed E-state index contributed by atoms with van der Waals surface area (Å²) in [4.78, 5) is 3.58. The number of benzene rings is 1. The molecular formula is C15H21NOS. The number of hydrogen-bond donors (Lipinski definition) is 1. The molecule has 3 rings (SSSR count). The van der Waals surface area contributed by atoms with Crippen molar-refractivity contribution in [2.45, 2.75) is 48.0 Å². The zero-order valence-corrected chi connectivity index (χ0v) is 11.5. The number of aliphatic hydroxyl groups is 1. The number of fused-ring (bicyclic) bond motifs is 2. The van der Waals surface area contributed by atoms with E-state index in [-0.39, 0.29) is 11.0 Å². The maximum atomic E-state index is 10.7. The first-order valence-electron chi connectivity index (χ1n) is 6.96. The summed E-state index contributed by atoms with van der Waals surface area (Å²) in [6, 6.07) is 10.6. The minimum absolute atomic E-state index is 0.0239. The lowest BCUT2D eigenvalue weighted by Gasteiger charge is -2.45. The second-order valence-electron chi connectivity index (χ2n) is 5.45. The first-order chi connectivity index (χ1) is 8.80. The Kier molecular flexibility index (Phi) is 3.64. The zero-order chi connectivity index (χ0) is 12.4. The van der Waals surface area contributed by atoms with E-state index in [1.807, 2.05) is 11.8 Å². The average molecular weight is 263 g/mol. The number of piperidine rings is 1. The molecule has 98 valence electrons. The smallest absolute Gasteiger partial charge is 0.122 e. The molecule has 2 heterocycles. The molecule has 0 saturated carbocycles. The lowest BCUT2D eigenvalue weighted by Crippen LogP contribution is -2.53. The molecule has 1 aromatic carbocycles. The second-order valence-corrected chi connectivity index (χ2v) is 6.94. The molecule has 3 heteroatoms. The van der Waals surface area contributed by atoms with E-state index in [0.29, 0.717) is 0 Å². The summed E-state index contributed by atoms with van der Waals surface area (Å²) >= 11 is 1.90. The van der Waals surface area contributed by atoms with Crippen LogP contribution in [-0.4, -0.2) is 34.1 Å². The SMILES string of the molecule is OC1N2CCCC[C@]1(Sc1ccccc1)CCC2. The summed E-state index contributed by atoms with van der Waals surface area (Å²) in [5.74, 6) is 0. The first-order valence-corrected chi connectivity index (χ1v) is 7.78. The molecule has 0 spiro atoms. The Bertz CT molecular complexity index is 397. The summed E-state index contributed by atoms with van der Waals surface area (Å²) in [5.41, 5.74) is 0. The van der Waals surface area contributed by atoms with Crippen LogP contribution in [0.2, 0.25) is 0 Å². The quantitative estimate of drug-likeness (QED) is 0.887. The van der Waals surface area contributed by atoms with Gasteiger partial charge in [0.15, 0.2) is 0 Å². The minimum Gasteiger partial charge on any atom is -0.377 e. The van der Waals surface area contributed by atoms with Gasteiger partial charge in [-0.3, -0.25) is 4.90 Å². The van der Waals surface area contributed by atoms with Crippen LogP contribution < -0.4 is 0 Å². The fourth-order valence-electron chi connectivity index (χ4n) is 3.27. The van der Waals surface area contributed by atoms with Gasteiger partial charge in [0.2, 0.25) is 0 Å². The summed E-state index contributed by atoms with van der Waals surface area (Å²) in [5, 5.41) is 10.7. The van der Waals surface area contributed by atoms with Crippen LogP contribution in [-0.2, 0) is 0 Å². The molecule has 2 aliphatic rings.